The quantitative estimate of drug-likeness (QED) is 0.667. The molecule has 0 fully saturated rings. The highest BCUT2D eigenvalue weighted by Crippen LogP contribution is 2.13. The number of methoxy groups -OCH3 is 1. The lowest BCUT2D eigenvalue weighted by atomic mass is 10.1. The molecule has 0 aromatic heterocycles. The number of ether oxygens (including phenoxy) is 1. The molecule has 0 spiro atoms. The van der Waals surface area contributed by atoms with Crippen molar-refractivity contribution in [2.24, 2.45) is 0 Å². The van der Waals surface area contributed by atoms with Crippen molar-refractivity contribution in [3.63, 3.8) is 0 Å². The molecule has 2 aromatic carbocycles. The number of anilines is 1. The maximum Gasteiger partial charge on any atom is 0.337 e. The average molecular weight is 326 g/mol. The summed E-state index contributed by atoms with van der Waals surface area (Å²) in [6, 6.07) is 15.2. The molecule has 1 unspecified atom stereocenters. The summed E-state index contributed by atoms with van der Waals surface area (Å²) in [5, 5.41) is 5.08. The van der Waals surface area contributed by atoms with E-state index in [0.717, 1.165) is 5.56 Å². The van der Waals surface area contributed by atoms with Crippen molar-refractivity contribution in [1.29, 1.82) is 0 Å². The minimum absolute atomic E-state index is 0.286. The smallest absolute Gasteiger partial charge is 0.337 e. The van der Waals surface area contributed by atoms with Crippen LogP contribution in [0.2, 0.25) is 0 Å². The van der Waals surface area contributed by atoms with E-state index < -0.39 is 17.8 Å². The van der Waals surface area contributed by atoms with Crippen LogP contribution in [0.3, 0.4) is 0 Å². The standard InChI is InChI=1S/C18H18N2O4/c1-12(13-7-4-3-5-8-13)19-16(21)17(22)20-15-10-6-9-14(11-15)18(23)24-2/h3-12H,1-2H3,(H,19,21)(H,20,22). The first-order valence-electron chi connectivity index (χ1n) is 7.36. The van der Waals surface area contributed by atoms with Crippen molar-refractivity contribution >= 4 is 23.5 Å². The number of esters is 1. The molecule has 0 saturated carbocycles. The monoisotopic (exact) mass is 326 g/mol. The summed E-state index contributed by atoms with van der Waals surface area (Å²) >= 11 is 0. The molecule has 0 saturated heterocycles. The maximum atomic E-state index is 12.0. The highest BCUT2D eigenvalue weighted by Gasteiger charge is 2.17. The Morgan fingerprint density at radius 2 is 1.67 bits per heavy atom. The molecule has 2 aromatic rings. The first-order valence-corrected chi connectivity index (χ1v) is 7.36. The third-order valence-electron chi connectivity index (χ3n) is 3.39. The van der Waals surface area contributed by atoms with Gasteiger partial charge in [-0.15, -0.1) is 0 Å². The molecule has 24 heavy (non-hydrogen) atoms. The zero-order chi connectivity index (χ0) is 17.5. The fourth-order valence-electron chi connectivity index (χ4n) is 2.12. The Hall–Kier alpha value is -3.15. The van der Waals surface area contributed by atoms with Crippen molar-refractivity contribution in [2.75, 3.05) is 12.4 Å². The Labute approximate surface area is 139 Å². The van der Waals surface area contributed by atoms with Gasteiger partial charge < -0.3 is 15.4 Å². The Morgan fingerprint density at radius 3 is 2.33 bits per heavy atom. The molecular formula is C18H18N2O4. The molecular weight excluding hydrogens is 308 g/mol. The molecule has 124 valence electrons. The summed E-state index contributed by atoms with van der Waals surface area (Å²) in [5.41, 5.74) is 1.52. The van der Waals surface area contributed by atoms with Gasteiger partial charge in [0, 0.05) is 5.69 Å². The van der Waals surface area contributed by atoms with Gasteiger partial charge in [-0.1, -0.05) is 36.4 Å². The molecule has 0 bridgehead atoms. The third kappa shape index (κ3) is 4.42. The number of amides is 2. The second kappa shape index (κ2) is 7.92. The Bertz CT molecular complexity index is 744. The van der Waals surface area contributed by atoms with Crippen molar-refractivity contribution in [3.8, 4) is 0 Å². The van der Waals surface area contributed by atoms with Gasteiger partial charge in [-0.25, -0.2) is 4.79 Å². The van der Waals surface area contributed by atoms with E-state index in [1.165, 1.54) is 13.2 Å². The van der Waals surface area contributed by atoms with Gasteiger partial charge in [0.05, 0.1) is 18.7 Å². The highest BCUT2D eigenvalue weighted by atomic mass is 16.5. The second-order valence-corrected chi connectivity index (χ2v) is 5.13. The van der Waals surface area contributed by atoms with E-state index in [1.54, 1.807) is 25.1 Å². The van der Waals surface area contributed by atoms with Crippen LogP contribution >= 0.6 is 0 Å². The molecule has 6 heteroatoms. The van der Waals surface area contributed by atoms with Crippen LogP contribution in [-0.2, 0) is 14.3 Å². The Morgan fingerprint density at radius 1 is 0.958 bits per heavy atom. The van der Waals surface area contributed by atoms with Crippen LogP contribution < -0.4 is 10.6 Å². The molecule has 0 heterocycles. The lowest BCUT2D eigenvalue weighted by molar-refractivity contribution is -0.136. The zero-order valence-corrected chi connectivity index (χ0v) is 13.4. The summed E-state index contributed by atoms with van der Waals surface area (Å²) in [4.78, 5) is 35.5. The number of rotatable bonds is 4. The largest absolute Gasteiger partial charge is 0.465 e. The summed E-state index contributed by atoms with van der Waals surface area (Å²) in [6.45, 7) is 1.79. The zero-order valence-electron chi connectivity index (χ0n) is 13.4. The summed E-state index contributed by atoms with van der Waals surface area (Å²) in [5.74, 6) is -2.08. The van der Waals surface area contributed by atoms with Crippen molar-refractivity contribution in [1.82, 2.24) is 5.32 Å². The molecule has 0 aliphatic heterocycles. The molecule has 2 rings (SSSR count). The van der Waals surface area contributed by atoms with Crippen LogP contribution in [0.15, 0.2) is 54.6 Å². The maximum absolute atomic E-state index is 12.0. The van der Waals surface area contributed by atoms with E-state index >= 15 is 0 Å². The summed E-state index contributed by atoms with van der Waals surface area (Å²) < 4.78 is 4.61. The number of hydrogen-bond acceptors (Lipinski definition) is 4. The molecule has 0 radical (unpaired) electrons. The van der Waals surface area contributed by atoms with E-state index in [2.05, 4.69) is 15.4 Å². The van der Waals surface area contributed by atoms with Crippen LogP contribution in [0.1, 0.15) is 28.9 Å². The van der Waals surface area contributed by atoms with Gasteiger partial charge in [0.2, 0.25) is 0 Å². The fraction of sp³-hybridized carbons (Fsp3) is 0.167. The SMILES string of the molecule is COC(=O)c1cccc(NC(=O)C(=O)NC(C)c2ccccc2)c1. The summed E-state index contributed by atoms with van der Waals surface area (Å²) in [7, 11) is 1.27. The predicted octanol–water partition coefficient (Wildman–Crippen LogP) is 2.29. The van der Waals surface area contributed by atoms with E-state index in [1.807, 2.05) is 30.3 Å². The molecule has 2 amide bonds. The van der Waals surface area contributed by atoms with Gasteiger partial charge in [0.15, 0.2) is 0 Å². The number of carbonyl (C=O) groups excluding carboxylic acids is 3. The molecule has 2 N–H and O–H groups in total. The minimum Gasteiger partial charge on any atom is -0.465 e. The molecule has 0 aliphatic carbocycles. The van der Waals surface area contributed by atoms with Crippen molar-refractivity contribution in [3.05, 3.63) is 65.7 Å². The van der Waals surface area contributed by atoms with E-state index in [-0.39, 0.29) is 11.6 Å². The summed E-state index contributed by atoms with van der Waals surface area (Å²) in [6.07, 6.45) is 0. The number of hydrogen-bond donors (Lipinski definition) is 2. The van der Waals surface area contributed by atoms with Gasteiger partial charge in [0.1, 0.15) is 0 Å². The molecule has 0 aliphatic rings. The predicted molar refractivity (Wildman–Crippen MR) is 89.4 cm³/mol. The fourth-order valence-corrected chi connectivity index (χ4v) is 2.12. The third-order valence-corrected chi connectivity index (χ3v) is 3.39. The van der Waals surface area contributed by atoms with Crippen molar-refractivity contribution < 1.29 is 19.1 Å². The van der Waals surface area contributed by atoms with Gasteiger partial charge in [-0.3, -0.25) is 9.59 Å². The number of benzene rings is 2. The normalized spacial score (nSPS) is 11.2. The first-order chi connectivity index (χ1) is 11.5. The van der Waals surface area contributed by atoms with Gasteiger partial charge in [-0.05, 0) is 30.7 Å². The number of carbonyl (C=O) groups is 3. The van der Waals surface area contributed by atoms with Crippen LogP contribution in [0.4, 0.5) is 5.69 Å². The molecule has 6 nitrogen and oxygen atoms in total. The van der Waals surface area contributed by atoms with E-state index in [0.29, 0.717) is 5.69 Å². The topological polar surface area (TPSA) is 84.5 Å². The Kier molecular flexibility index (Phi) is 5.68. The van der Waals surface area contributed by atoms with Crippen molar-refractivity contribution in [2.45, 2.75) is 13.0 Å². The first kappa shape index (κ1) is 17.2. The van der Waals surface area contributed by atoms with Gasteiger partial charge in [-0.2, -0.15) is 0 Å². The van der Waals surface area contributed by atoms with Crippen LogP contribution in [0.5, 0.6) is 0 Å². The highest BCUT2D eigenvalue weighted by molar-refractivity contribution is 6.39. The lowest BCUT2D eigenvalue weighted by Crippen LogP contribution is -2.36. The molecule has 1 atom stereocenters. The van der Waals surface area contributed by atoms with Gasteiger partial charge >= 0.3 is 17.8 Å². The average Bonchev–Trinajstić information content (AvgIpc) is 2.61. The minimum atomic E-state index is -0.806. The lowest BCUT2D eigenvalue weighted by Gasteiger charge is -2.14. The van der Waals surface area contributed by atoms with Gasteiger partial charge in [0.25, 0.3) is 0 Å². The Balaban J connectivity index is 1.99. The van der Waals surface area contributed by atoms with E-state index in [4.69, 9.17) is 0 Å². The van der Waals surface area contributed by atoms with Crippen LogP contribution in [-0.4, -0.2) is 24.9 Å². The number of nitrogens with one attached hydrogen (secondary N) is 2. The second-order valence-electron chi connectivity index (χ2n) is 5.13. The van der Waals surface area contributed by atoms with E-state index in [9.17, 15) is 14.4 Å². The van der Waals surface area contributed by atoms with Crippen LogP contribution in [0.25, 0.3) is 0 Å². The van der Waals surface area contributed by atoms with Crippen LogP contribution in [0, 0.1) is 0 Å².